The van der Waals surface area contributed by atoms with Crippen LogP contribution in [0.15, 0.2) is 30.3 Å². The van der Waals surface area contributed by atoms with Crippen molar-refractivity contribution >= 4 is 16.7 Å². The lowest BCUT2D eigenvalue weighted by Gasteiger charge is -2.40. The highest BCUT2D eigenvalue weighted by atomic mass is 32.1. The summed E-state index contributed by atoms with van der Waals surface area (Å²) in [4.78, 5) is 9.55. The lowest BCUT2D eigenvalue weighted by molar-refractivity contribution is 0.269. The number of anilines is 1. The van der Waals surface area contributed by atoms with Crippen LogP contribution in [0, 0.1) is 0 Å². The molecule has 0 N–H and O–H groups in total. The third kappa shape index (κ3) is 3.09. The fraction of sp³-hybridized carbons (Fsp3) is 0.500. The SMILES string of the molecule is CC(C)c1nsc(N2CCN(C)CC2c2ccccc2)n1. The Morgan fingerprint density at radius 3 is 2.62 bits per heavy atom. The maximum absolute atomic E-state index is 4.75. The van der Waals surface area contributed by atoms with Gasteiger partial charge in [-0.05, 0) is 12.6 Å². The molecule has 2 heterocycles. The Kier molecular flexibility index (Phi) is 4.22. The Labute approximate surface area is 130 Å². The molecule has 0 bridgehead atoms. The van der Waals surface area contributed by atoms with E-state index in [1.807, 2.05) is 0 Å². The van der Waals surface area contributed by atoms with E-state index in [0.717, 1.165) is 30.6 Å². The van der Waals surface area contributed by atoms with E-state index in [2.05, 4.69) is 65.4 Å². The monoisotopic (exact) mass is 302 g/mol. The minimum Gasteiger partial charge on any atom is -0.337 e. The molecule has 5 heteroatoms. The number of piperazine rings is 1. The van der Waals surface area contributed by atoms with Crippen molar-refractivity contribution < 1.29 is 0 Å². The van der Waals surface area contributed by atoms with Crippen LogP contribution in [-0.4, -0.2) is 40.9 Å². The van der Waals surface area contributed by atoms with Crippen LogP contribution in [0.4, 0.5) is 5.13 Å². The first-order valence-electron chi connectivity index (χ1n) is 7.49. The summed E-state index contributed by atoms with van der Waals surface area (Å²) in [6.45, 7) is 7.39. The number of hydrogen-bond donors (Lipinski definition) is 0. The highest BCUT2D eigenvalue weighted by molar-refractivity contribution is 7.09. The molecule has 2 aromatic rings. The summed E-state index contributed by atoms with van der Waals surface area (Å²) in [5.74, 6) is 1.35. The van der Waals surface area contributed by atoms with Crippen LogP contribution in [0.5, 0.6) is 0 Å². The maximum atomic E-state index is 4.75. The molecule has 1 aliphatic rings. The van der Waals surface area contributed by atoms with Gasteiger partial charge in [0.1, 0.15) is 5.82 Å². The molecule has 1 aromatic heterocycles. The van der Waals surface area contributed by atoms with Gasteiger partial charge in [-0.1, -0.05) is 44.2 Å². The molecule has 1 fully saturated rings. The van der Waals surface area contributed by atoms with Gasteiger partial charge in [0.15, 0.2) is 0 Å². The molecule has 3 rings (SSSR count). The summed E-state index contributed by atoms with van der Waals surface area (Å²) >= 11 is 1.53. The third-order valence-electron chi connectivity index (χ3n) is 3.96. The summed E-state index contributed by atoms with van der Waals surface area (Å²) in [5.41, 5.74) is 1.35. The van der Waals surface area contributed by atoms with Gasteiger partial charge in [0.25, 0.3) is 0 Å². The highest BCUT2D eigenvalue weighted by Crippen LogP contribution is 2.32. The molecule has 0 spiro atoms. The number of benzene rings is 1. The number of aromatic nitrogens is 2. The van der Waals surface area contributed by atoms with Crippen LogP contribution in [0.1, 0.15) is 37.2 Å². The molecule has 4 nitrogen and oxygen atoms in total. The molecular formula is C16H22N4S. The van der Waals surface area contributed by atoms with Gasteiger partial charge in [-0.2, -0.15) is 4.37 Å². The van der Waals surface area contributed by atoms with Gasteiger partial charge in [-0.3, -0.25) is 0 Å². The van der Waals surface area contributed by atoms with Gasteiger partial charge in [-0.15, -0.1) is 0 Å². The first-order valence-corrected chi connectivity index (χ1v) is 8.26. The van der Waals surface area contributed by atoms with Crippen LogP contribution in [0.2, 0.25) is 0 Å². The van der Waals surface area contributed by atoms with Crippen LogP contribution in [0.3, 0.4) is 0 Å². The standard InChI is InChI=1S/C16H22N4S/c1-12(2)15-17-16(21-18-15)20-10-9-19(3)11-14(20)13-7-5-4-6-8-13/h4-8,12,14H,9-11H2,1-3H3. The van der Waals surface area contributed by atoms with Crippen molar-refractivity contribution in [3.05, 3.63) is 41.7 Å². The average Bonchev–Trinajstić information content (AvgIpc) is 2.98. The Hall–Kier alpha value is -1.46. The quantitative estimate of drug-likeness (QED) is 0.872. The second kappa shape index (κ2) is 6.12. The molecule has 112 valence electrons. The van der Waals surface area contributed by atoms with Gasteiger partial charge < -0.3 is 9.80 Å². The molecule has 1 atom stereocenters. The number of nitrogens with zero attached hydrogens (tertiary/aromatic N) is 4. The van der Waals surface area contributed by atoms with E-state index in [0.29, 0.717) is 12.0 Å². The largest absolute Gasteiger partial charge is 0.337 e. The van der Waals surface area contributed by atoms with Crippen LogP contribution in [0.25, 0.3) is 0 Å². The highest BCUT2D eigenvalue weighted by Gasteiger charge is 2.29. The minimum absolute atomic E-state index is 0.359. The van der Waals surface area contributed by atoms with Gasteiger partial charge in [0.05, 0.1) is 6.04 Å². The Morgan fingerprint density at radius 2 is 1.95 bits per heavy atom. The molecule has 1 aliphatic heterocycles. The molecule has 0 radical (unpaired) electrons. The summed E-state index contributed by atoms with van der Waals surface area (Å²) in [5, 5.41) is 1.06. The van der Waals surface area contributed by atoms with E-state index < -0.39 is 0 Å². The zero-order valence-corrected chi connectivity index (χ0v) is 13.7. The Morgan fingerprint density at radius 1 is 1.19 bits per heavy atom. The Balaban J connectivity index is 1.90. The van der Waals surface area contributed by atoms with Crippen molar-refractivity contribution in [1.82, 2.24) is 14.3 Å². The molecule has 1 unspecified atom stereocenters. The summed E-state index contributed by atoms with van der Waals surface area (Å²) in [6.07, 6.45) is 0. The van der Waals surface area contributed by atoms with E-state index in [4.69, 9.17) is 4.98 Å². The van der Waals surface area contributed by atoms with Gasteiger partial charge in [-0.25, -0.2) is 4.98 Å². The summed E-state index contributed by atoms with van der Waals surface area (Å²) in [6, 6.07) is 11.1. The van der Waals surface area contributed by atoms with E-state index in [1.165, 1.54) is 17.1 Å². The van der Waals surface area contributed by atoms with Crippen molar-refractivity contribution in [1.29, 1.82) is 0 Å². The molecule has 0 amide bonds. The minimum atomic E-state index is 0.359. The van der Waals surface area contributed by atoms with Gasteiger partial charge in [0, 0.05) is 37.1 Å². The van der Waals surface area contributed by atoms with Crippen LogP contribution >= 0.6 is 11.5 Å². The normalized spacial score (nSPS) is 20.2. The molecule has 0 aliphatic carbocycles. The number of rotatable bonds is 3. The molecule has 1 saturated heterocycles. The second-order valence-electron chi connectivity index (χ2n) is 5.97. The zero-order valence-electron chi connectivity index (χ0n) is 12.9. The van der Waals surface area contributed by atoms with Crippen molar-refractivity contribution in [2.45, 2.75) is 25.8 Å². The van der Waals surface area contributed by atoms with Crippen LogP contribution in [-0.2, 0) is 0 Å². The van der Waals surface area contributed by atoms with Crippen molar-refractivity contribution in [3.8, 4) is 0 Å². The predicted molar refractivity (Wildman–Crippen MR) is 88.0 cm³/mol. The van der Waals surface area contributed by atoms with Gasteiger partial charge >= 0.3 is 0 Å². The fourth-order valence-corrected chi connectivity index (χ4v) is 3.57. The van der Waals surface area contributed by atoms with Crippen LogP contribution < -0.4 is 4.90 Å². The molecule has 1 aromatic carbocycles. The molecule has 21 heavy (non-hydrogen) atoms. The van der Waals surface area contributed by atoms with Crippen molar-refractivity contribution in [2.24, 2.45) is 0 Å². The first-order chi connectivity index (χ1) is 10.1. The first kappa shape index (κ1) is 14.5. The van der Waals surface area contributed by atoms with Crippen molar-refractivity contribution in [3.63, 3.8) is 0 Å². The second-order valence-corrected chi connectivity index (χ2v) is 6.70. The maximum Gasteiger partial charge on any atom is 0.205 e. The van der Waals surface area contributed by atoms with E-state index in [1.54, 1.807) is 0 Å². The average molecular weight is 302 g/mol. The Bertz CT molecular complexity index is 581. The smallest absolute Gasteiger partial charge is 0.205 e. The zero-order chi connectivity index (χ0) is 14.8. The lowest BCUT2D eigenvalue weighted by Crippen LogP contribution is -2.46. The molecular weight excluding hydrogens is 280 g/mol. The molecule has 0 saturated carbocycles. The number of hydrogen-bond acceptors (Lipinski definition) is 5. The lowest BCUT2D eigenvalue weighted by atomic mass is 10.0. The third-order valence-corrected chi connectivity index (χ3v) is 4.73. The fourth-order valence-electron chi connectivity index (χ4n) is 2.69. The van der Waals surface area contributed by atoms with Gasteiger partial charge in [0.2, 0.25) is 5.13 Å². The predicted octanol–water partition coefficient (Wildman–Crippen LogP) is 3.15. The summed E-state index contributed by atoms with van der Waals surface area (Å²) < 4.78 is 4.51. The summed E-state index contributed by atoms with van der Waals surface area (Å²) in [7, 11) is 2.19. The van der Waals surface area contributed by atoms with Crippen molar-refractivity contribution in [2.75, 3.05) is 31.6 Å². The van der Waals surface area contributed by atoms with E-state index in [-0.39, 0.29) is 0 Å². The number of likely N-dealkylation sites (N-methyl/N-ethyl adjacent to an activating group) is 1. The topological polar surface area (TPSA) is 32.3 Å². The van der Waals surface area contributed by atoms with E-state index >= 15 is 0 Å². The van der Waals surface area contributed by atoms with E-state index in [9.17, 15) is 0 Å².